The van der Waals surface area contributed by atoms with E-state index in [0.29, 0.717) is 11.3 Å². The summed E-state index contributed by atoms with van der Waals surface area (Å²) in [5, 5.41) is 20.6. The highest BCUT2D eigenvalue weighted by Crippen LogP contribution is 2.86. The molecular weight excluding hydrogens is 246 g/mol. The van der Waals surface area contributed by atoms with Crippen LogP contribution in [0.1, 0.15) is 58.3 Å². The van der Waals surface area contributed by atoms with Gasteiger partial charge in [0.15, 0.2) is 0 Å². The van der Waals surface area contributed by atoms with Crippen molar-refractivity contribution < 1.29 is 5.11 Å². The molecule has 5 aliphatic carbocycles. The molecule has 1 N–H and O–H groups in total. The van der Waals surface area contributed by atoms with Crippen LogP contribution >= 0.6 is 0 Å². The molecule has 0 amide bonds. The number of hydrogen-bond donors (Lipinski definition) is 1. The van der Waals surface area contributed by atoms with Gasteiger partial charge < -0.3 is 5.11 Å². The highest BCUT2D eigenvalue weighted by atomic mass is 16.3. The van der Waals surface area contributed by atoms with Crippen molar-refractivity contribution in [2.24, 2.45) is 40.4 Å². The summed E-state index contributed by atoms with van der Waals surface area (Å²) in [4.78, 5) is 0. The summed E-state index contributed by atoms with van der Waals surface area (Å²) in [6, 6.07) is 2.45. The van der Waals surface area contributed by atoms with Gasteiger partial charge in [-0.2, -0.15) is 5.26 Å². The first-order valence-electron chi connectivity index (χ1n) is 8.67. The van der Waals surface area contributed by atoms with Crippen LogP contribution < -0.4 is 0 Å². The van der Waals surface area contributed by atoms with Crippen LogP contribution in [-0.4, -0.2) is 10.7 Å². The predicted octanol–water partition coefficient (Wildman–Crippen LogP) is 3.50. The third kappa shape index (κ3) is 0.900. The minimum Gasteiger partial charge on any atom is -0.389 e. The third-order valence-electron chi connectivity index (χ3n) is 9.00. The van der Waals surface area contributed by atoms with Gasteiger partial charge in [-0.25, -0.2) is 0 Å². The molecule has 5 saturated carbocycles. The van der Waals surface area contributed by atoms with Crippen molar-refractivity contribution in [3.63, 3.8) is 0 Å². The zero-order chi connectivity index (χ0) is 13.8. The first-order valence-corrected chi connectivity index (χ1v) is 8.67. The van der Waals surface area contributed by atoms with Crippen molar-refractivity contribution in [3.05, 3.63) is 0 Å². The smallest absolute Gasteiger partial charge is 0.0714 e. The van der Waals surface area contributed by atoms with Crippen LogP contribution in [-0.2, 0) is 0 Å². The predicted molar refractivity (Wildman–Crippen MR) is 75.5 cm³/mol. The van der Waals surface area contributed by atoms with Gasteiger partial charge in [-0.15, -0.1) is 0 Å². The number of nitriles is 1. The summed E-state index contributed by atoms with van der Waals surface area (Å²) in [5.41, 5.74) is 0.257. The van der Waals surface area contributed by atoms with E-state index in [1.54, 1.807) is 0 Å². The molecule has 0 aromatic rings. The minimum absolute atomic E-state index is 0.250. The Morgan fingerprint density at radius 1 is 1.10 bits per heavy atom. The van der Waals surface area contributed by atoms with Gasteiger partial charge in [-0.05, 0) is 80.0 Å². The maximum atomic E-state index is 11.5. The van der Waals surface area contributed by atoms with Gasteiger partial charge in [-0.1, -0.05) is 6.92 Å². The van der Waals surface area contributed by atoms with Gasteiger partial charge in [0.1, 0.15) is 0 Å². The maximum Gasteiger partial charge on any atom is 0.0714 e. The van der Waals surface area contributed by atoms with E-state index < -0.39 is 0 Å². The van der Waals surface area contributed by atoms with Crippen LogP contribution in [0, 0.1) is 51.8 Å². The number of aliphatic hydroxyl groups is 1. The molecule has 5 aliphatic rings. The second kappa shape index (κ2) is 3.27. The maximum absolute atomic E-state index is 11.5. The normalized spacial score (nSPS) is 65.3. The van der Waals surface area contributed by atoms with Crippen molar-refractivity contribution >= 4 is 0 Å². The molecule has 5 fully saturated rings. The Bertz CT molecular complexity index is 520. The minimum atomic E-state index is -0.345. The molecule has 8 atom stereocenters. The molecule has 20 heavy (non-hydrogen) atoms. The number of nitrogens with zero attached hydrogens (tertiary/aromatic N) is 1. The molecule has 0 bridgehead atoms. The van der Waals surface area contributed by atoms with E-state index in [4.69, 9.17) is 5.26 Å². The monoisotopic (exact) mass is 271 g/mol. The molecule has 0 saturated heterocycles. The lowest BCUT2D eigenvalue weighted by Gasteiger charge is -2.49. The SMILES string of the molecule is C[C@]12[C@H]3CC4CC[C@]5(O)CC[C@@H](C[C@@H]1[C@@H](CC#N)C3)C452. The Morgan fingerprint density at radius 2 is 1.80 bits per heavy atom. The molecule has 1 spiro atoms. The van der Waals surface area contributed by atoms with E-state index in [9.17, 15) is 5.11 Å². The van der Waals surface area contributed by atoms with E-state index in [1.807, 2.05) is 0 Å². The average Bonchev–Trinajstić information content (AvgIpc) is 3.07. The van der Waals surface area contributed by atoms with Crippen LogP contribution in [0.15, 0.2) is 0 Å². The lowest BCUT2D eigenvalue weighted by Crippen LogP contribution is -2.51. The first-order chi connectivity index (χ1) is 9.58. The van der Waals surface area contributed by atoms with Crippen LogP contribution in [0.3, 0.4) is 0 Å². The Balaban J connectivity index is 1.69. The summed E-state index contributed by atoms with van der Waals surface area (Å²) in [6.07, 6.45) is 9.35. The molecule has 0 radical (unpaired) electrons. The van der Waals surface area contributed by atoms with Gasteiger partial charge >= 0.3 is 0 Å². The van der Waals surface area contributed by atoms with E-state index in [2.05, 4.69) is 13.0 Å². The molecule has 0 aromatic heterocycles. The first kappa shape index (κ1) is 12.0. The van der Waals surface area contributed by atoms with Crippen molar-refractivity contribution in [2.45, 2.75) is 63.9 Å². The van der Waals surface area contributed by atoms with Gasteiger partial charge in [0.25, 0.3) is 0 Å². The van der Waals surface area contributed by atoms with Crippen LogP contribution in [0.5, 0.6) is 0 Å². The molecule has 5 rings (SSSR count). The largest absolute Gasteiger partial charge is 0.389 e. The number of hydrogen-bond acceptors (Lipinski definition) is 2. The van der Waals surface area contributed by atoms with Crippen molar-refractivity contribution in [3.8, 4) is 6.07 Å². The van der Waals surface area contributed by atoms with Crippen molar-refractivity contribution in [2.75, 3.05) is 0 Å². The summed E-state index contributed by atoms with van der Waals surface area (Å²) in [6.45, 7) is 2.53. The summed E-state index contributed by atoms with van der Waals surface area (Å²) >= 11 is 0. The second-order valence-electron chi connectivity index (χ2n) is 8.79. The summed E-state index contributed by atoms with van der Waals surface area (Å²) in [5.74, 6) is 3.71. The van der Waals surface area contributed by atoms with Crippen molar-refractivity contribution in [1.82, 2.24) is 0 Å². The molecule has 2 unspecified atom stereocenters. The Morgan fingerprint density at radius 3 is 2.50 bits per heavy atom. The zero-order valence-corrected chi connectivity index (χ0v) is 12.4. The van der Waals surface area contributed by atoms with Gasteiger partial charge in [0.05, 0.1) is 11.7 Å². The fourth-order valence-corrected chi connectivity index (χ4v) is 8.88. The Hall–Kier alpha value is -0.550. The Kier molecular flexibility index (Phi) is 1.97. The highest BCUT2D eigenvalue weighted by Gasteiger charge is 2.83. The third-order valence-corrected chi connectivity index (χ3v) is 9.00. The van der Waals surface area contributed by atoms with Gasteiger partial charge in [0, 0.05) is 11.8 Å². The molecule has 0 aliphatic heterocycles. The fraction of sp³-hybridized carbons (Fsp3) is 0.944. The van der Waals surface area contributed by atoms with Crippen molar-refractivity contribution in [1.29, 1.82) is 5.26 Å². The average molecular weight is 271 g/mol. The van der Waals surface area contributed by atoms with Crippen LogP contribution in [0.4, 0.5) is 0 Å². The van der Waals surface area contributed by atoms with E-state index >= 15 is 0 Å². The summed E-state index contributed by atoms with van der Waals surface area (Å²) in [7, 11) is 0. The number of rotatable bonds is 1. The lowest BCUT2D eigenvalue weighted by molar-refractivity contribution is -0.115. The molecule has 0 heterocycles. The second-order valence-corrected chi connectivity index (χ2v) is 8.79. The molecule has 2 nitrogen and oxygen atoms in total. The van der Waals surface area contributed by atoms with E-state index in [0.717, 1.165) is 42.9 Å². The quantitative estimate of drug-likeness (QED) is 0.793. The van der Waals surface area contributed by atoms with Crippen LogP contribution in [0.25, 0.3) is 0 Å². The van der Waals surface area contributed by atoms with Crippen LogP contribution in [0.2, 0.25) is 0 Å². The van der Waals surface area contributed by atoms with Gasteiger partial charge in [0.2, 0.25) is 0 Å². The zero-order valence-electron chi connectivity index (χ0n) is 12.4. The van der Waals surface area contributed by atoms with Gasteiger partial charge in [-0.3, -0.25) is 0 Å². The highest BCUT2D eigenvalue weighted by molar-refractivity contribution is 5.32. The topological polar surface area (TPSA) is 44.0 Å². The lowest BCUT2D eigenvalue weighted by atomic mass is 9.57. The van der Waals surface area contributed by atoms with E-state index in [1.165, 1.54) is 32.1 Å². The standard InChI is InChI=1S/C18H25NO/c1-16-14-8-11(4-7-19)15(16)10-13-3-6-17(20)5-2-12(9-14)18(13,16)17/h11-15,20H,2-6,8-10H2,1H3/t11-,12?,13-,14+,15+,16-,17-,18?/m0/s1. The molecule has 108 valence electrons. The summed E-state index contributed by atoms with van der Waals surface area (Å²) < 4.78 is 0. The molecule has 0 aromatic carbocycles. The molecule has 2 heteroatoms. The molecular formula is C18H25NO. The Labute approximate surface area is 121 Å². The fourth-order valence-electron chi connectivity index (χ4n) is 8.88. The van der Waals surface area contributed by atoms with E-state index in [-0.39, 0.29) is 11.0 Å².